The molecule has 0 spiro atoms. The normalized spacial score (nSPS) is 12.0. The Hall–Kier alpha value is 0.430. The fourth-order valence-corrected chi connectivity index (χ4v) is 7.91. The van der Waals surface area contributed by atoms with Crippen LogP contribution in [-0.2, 0) is 0 Å². The standard InChI is InChI=1S/C21H46P/c1-5-9-12-15-18-21-22(8-4,19-16-13-10-6-2)20-17-14-11-7-3/h5-21H2,1-4H3/q+1. The summed E-state index contributed by atoms with van der Waals surface area (Å²) in [5.41, 5.74) is 0. The number of rotatable bonds is 17. The van der Waals surface area contributed by atoms with E-state index < -0.39 is 7.26 Å². The van der Waals surface area contributed by atoms with E-state index in [-0.39, 0.29) is 0 Å². The zero-order valence-electron chi connectivity index (χ0n) is 16.5. The van der Waals surface area contributed by atoms with Crippen LogP contribution in [0.1, 0.15) is 111 Å². The van der Waals surface area contributed by atoms with Gasteiger partial charge in [-0.2, -0.15) is 0 Å². The van der Waals surface area contributed by atoms with E-state index in [0.29, 0.717) is 0 Å². The Morgan fingerprint density at radius 2 is 0.727 bits per heavy atom. The van der Waals surface area contributed by atoms with Gasteiger partial charge in [0.05, 0.1) is 24.6 Å². The summed E-state index contributed by atoms with van der Waals surface area (Å²) in [6.07, 6.45) is 25.4. The lowest BCUT2D eigenvalue weighted by atomic mass is 10.2. The Kier molecular flexibility index (Phi) is 16.6. The Balaban J connectivity index is 4.21. The monoisotopic (exact) mass is 329 g/mol. The molecule has 0 saturated carbocycles. The SMILES string of the molecule is CCCCCCC[P+](CC)(CCCCCC)CCCCCC. The highest BCUT2D eigenvalue weighted by atomic mass is 31.2. The van der Waals surface area contributed by atoms with E-state index in [1.54, 1.807) is 18.5 Å². The summed E-state index contributed by atoms with van der Waals surface area (Å²) >= 11 is 0. The van der Waals surface area contributed by atoms with Crippen molar-refractivity contribution in [1.29, 1.82) is 0 Å². The summed E-state index contributed by atoms with van der Waals surface area (Å²) in [5.74, 6) is 0. The van der Waals surface area contributed by atoms with E-state index in [2.05, 4.69) is 27.7 Å². The van der Waals surface area contributed by atoms with Crippen LogP contribution < -0.4 is 0 Å². The molecule has 0 aromatic heterocycles. The van der Waals surface area contributed by atoms with Crippen LogP contribution in [-0.4, -0.2) is 24.6 Å². The number of unbranched alkanes of at least 4 members (excludes halogenated alkanes) is 10. The van der Waals surface area contributed by atoms with E-state index in [4.69, 9.17) is 0 Å². The van der Waals surface area contributed by atoms with Crippen LogP contribution in [0, 0.1) is 0 Å². The van der Waals surface area contributed by atoms with E-state index in [9.17, 15) is 0 Å². The fourth-order valence-electron chi connectivity index (χ4n) is 3.61. The second-order valence-electron chi connectivity index (χ2n) is 7.36. The zero-order valence-corrected chi connectivity index (χ0v) is 17.4. The minimum atomic E-state index is -0.606. The third-order valence-corrected chi connectivity index (χ3v) is 10.5. The van der Waals surface area contributed by atoms with Gasteiger partial charge in [-0.1, -0.05) is 65.7 Å². The molecule has 0 amide bonds. The highest BCUT2D eigenvalue weighted by Crippen LogP contribution is 2.60. The van der Waals surface area contributed by atoms with Crippen molar-refractivity contribution in [2.45, 2.75) is 111 Å². The predicted molar refractivity (Wildman–Crippen MR) is 109 cm³/mol. The van der Waals surface area contributed by atoms with Gasteiger partial charge in [0.25, 0.3) is 0 Å². The van der Waals surface area contributed by atoms with Crippen LogP contribution in [0.4, 0.5) is 0 Å². The van der Waals surface area contributed by atoms with E-state index in [1.165, 1.54) is 89.6 Å². The van der Waals surface area contributed by atoms with Crippen molar-refractivity contribution in [3.05, 3.63) is 0 Å². The highest BCUT2D eigenvalue weighted by molar-refractivity contribution is 7.75. The van der Waals surface area contributed by atoms with Crippen LogP contribution in [0.25, 0.3) is 0 Å². The summed E-state index contributed by atoms with van der Waals surface area (Å²) < 4.78 is 0. The van der Waals surface area contributed by atoms with Gasteiger partial charge in [-0.25, -0.2) is 0 Å². The molecule has 0 aliphatic heterocycles. The van der Waals surface area contributed by atoms with Gasteiger partial charge >= 0.3 is 0 Å². The molecule has 0 radical (unpaired) electrons. The molecule has 0 fully saturated rings. The van der Waals surface area contributed by atoms with Gasteiger partial charge in [0.1, 0.15) is 0 Å². The fraction of sp³-hybridized carbons (Fsp3) is 1.00. The van der Waals surface area contributed by atoms with Crippen molar-refractivity contribution in [3.63, 3.8) is 0 Å². The summed E-state index contributed by atoms with van der Waals surface area (Å²) in [5, 5.41) is 0. The van der Waals surface area contributed by atoms with Gasteiger partial charge in [-0.15, -0.1) is 0 Å². The van der Waals surface area contributed by atoms with Crippen LogP contribution in [0.5, 0.6) is 0 Å². The van der Waals surface area contributed by atoms with Crippen LogP contribution >= 0.6 is 7.26 Å². The van der Waals surface area contributed by atoms with Crippen LogP contribution in [0.15, 0.2) is 0 Å². The molecule has 0 rings (SSSR count). The van der Waals surface area contributed by atoms with Crippen LogP contribution in [0.3, 0.4) is 0 Å². The molecule has 0 atom stereocenters. The van der Waals surface area contributed by atoms with Gasteiger partial charge in [-0.3, -0.25) is 0 Å². The molecule has 0 bridgehead atoms. The van der Waals surface area contributed by atoms with Crippen LogP contribution in [0.2, 0.25) is 0 Å². The van der Waals surface area contributed by atoms with Gasteiger partial charge in [0, 0.05) is 7.26 Å². The molecule has 0 heterocycles. The lowest BCUT2D eigenvalue weighted by Gasteiger charge is -2.27. The maximum absolute atomic E-state index is 2.51. The molecule has 0 aromatic carbocycles. The molecular weight excluding hydrogens is 283 g/mol. The second kappa shape index (κ2) is 16.3. The van der Waals surface area contributed by atoms with Crippen molar-refractivity contribution in [2.24, 2.45) is 0 Å². The molecule has 0 aromatic rings. The highest BCUT2D eigenvalue weighted by Gasteiger charge is 2.33. The first-order chi connectivity index (χ1) is 10.7. The van der Waals surface area contributed by atoms with Crippen molar-refractivity contribution >= 4 is 7.26 Å². The predicted octanol–water partition coefficient (Wildman–Crippen LogP) is 8.15. The van der Waals surface area contributed by atoms with Crippen molar-refractivity contribution in [1.82, 2.24) is 0 Å². The Morgan fingerprint density at radius 3 is 1.05 bits per heavy atom. The van der Waals surface area contributed by atoms with E-state index in [1.807, 2.05) is 0 Å². The molecule has 0 N–H and O–H groups in total. The Labute approximate surface area is 143 Å². The summed E-state index contributed by atoms with van der Waals surface area (Å²) in [6.45, 7) is 9.51. The lowest BCUT2D eigenvalue weighted by Crippen LogP contribution is -2.11. The van der Waals surface area contributed by atoms with Crippen molar-refractivity contribution in [2.75, 3.05) is 24.6 Å². The quantitative estimate of drug-likeness (QED) is 0.186. The maximum atomic E-state index is 2.51. The Morgan fingerprint density at radius 1 is 0.409 bits per heavy atom. The number of hydrogen-bond donors (Lipinski definition) is 0. The Bertz CT molecular complexity index is 200. The first-order valence-corrected chi connectivity index (χ1v) is 13.1. The van der Waals surface area contributed by atoms with Gasteiger partial charge in [0.15, 0.2) is 0 Å². The topological polar surface area (TPSA) is 0 Å². The van der Waals surface area contributed by atoms with Gasteiger partial charge in [-0.05, 0) is 45.4 Å². The van der Waals surface area contributed by atoms with Gasteiger partial charge in [0.2, 0.25) is 0 Å². The molecule has 22 heavy (non-hydrogen) atoms. The molecule has 1 heteroatoms. The largest absolute Gasteiger partial charge is 0.0654 e. The molecular formula is C21H46P+. The first-order valence-electron chi connectivity index (χ1n) is 10.6. The molecule has 0 aliphatic rings. The van der Waals surface area contributed by atoms with E-state index >= 15 is 0 Å². The van der Waals surface area contributed by atoms with Crippen molar-refractivity contribution < 1.29 is 0 Å². The minimum absolute atomic E-state index is 0.606. The average molecular weight is 330 g/mol. The smallest absolute Gasteiger partial charge is 0.0594 e. The summed E-state index contributed by atoms with van der Waals surface area (Å²) in [4.78, 5) is 0. The minimum Gasteiger partial charge on any atom is -0.0654 e. The van der Waals surface area contributed by atoms with Crippen molar-refractivity contribution in [3.8, 4) is 0 Å². The van der Waals surface area contributed by atoms with Gasteiger partial charge < -0.3 is 0 Å². The second-order valence-corrected chi connectivity index (χ2v) is 12.0. The summed E-state index contributed by atoms with van der Waals surface area (Å²) in [6, 6.07) is 0. The number of hydrogen-bond acceptors (Lipinski definition) is 0. The zero-order chi connectivity index (χ0) is 16.5. The maximum Gasteiger partial charge on any atom is 0.0594 e. The van der Waals surface area contributed by atoms with E-state index in [0.717, 1.165) is 0 Å². The molecule has 0 nitrogen and oxygen atoms in total. The third kappa shape index (κ3) is 11.9. The summed E-state index contributed by atoms with van der Waals surface area (Å²) in [7, 11) is -0.606. The average Bonchev–Trinajstić information content (AvgIpc) is 2.54. The first kappa shape index (κ1) is 22.4. The lowest BCUT2D eigenvalue weighted by molar-refractivity contribution is 0.654. The molecule has 0 saturated heterocycles. The molecule has 134 valence electrons. The third-order valence-electron chi connectivity index (χ3n) is 5.38. The molecule has 0 aliphatic carbocycles. The molecule has 0 unspecified atom stereocenters.